The Bertz CT molecular complexity index is 1600. The molecule has 1 aliphatic heterocycles. The molecule has 4 aliphatic rings. The van der Waals surface area contributed by atoms with Crippen molar-refractivity contribution in [2.45, 2.75) is 59.2 Å². The number of guanidine groups is 1. The van der Waals surface area contributed by atoms with Crippen LogP contribution in [-0.2, 0) is 13.7 Å². The number of hydrogen-bond donors (Lipinski definition) is 2. The van der Waals surface area contributed by atoms with Crippen LogP contribution in [0.3, 0.4) is 0 Å². The first-order valence-corrected chi connectivity index (χ1v) is 15.3. The van der Waals surface area contributed by atoms with E-state index in [1.54, 1.807) is 19.2 Å². The lowest BCUT2D eigenvalue weighted by molar-refractivity contribution is -0.108. The number of halogens is 1. The molecular weight excluding hydrogens is 547 g/mol. The summed E-state index contributed by atoms with van der Waals surface area (Å²) < 4.78 is 26.7. The van der Waals surface area contributed by atoms with Gasteiger partial charge in [0.1, 0.15) is 18.2 Å². The number of anilines is 1. The van der Waals surface area contributed by atoms with Crippen LogP contribution >= 0.6 is 0 Å². The Labute approximate surface area is 252 Å². The van der Waals surface area contributed by atoms with E-state index in [4.69, 9.17) is 19.5 Å². The Morgan fingerprint density at radius 1 is 1.21 bits per heavy atom. The van der Waals surface area contributed by atoms with Crippen molar-refractivity contribution in [1.29, 1.82) is 0 Å². The summed E-state index contributed by atoms with van der Waals surface area (Å²) >= 11 is 0. The molecule has 4 fully saturated rings. The Hall–Kier alpha value is -3.66. The predicted octanol–water partition coefficient (Wildman–Crippen LogP) is 4.79. The highest BCUT2D eigenvalue weighted by molar-refractivity contribution is 5.96. The van der Waals surface area contributed by atoms with E-state index in [1.807, 2.05) is 12.1 Å². The maximum Gasteiger partial charge on any atom is 0.261 e. The molecule has 0 spiro atoms. The van der Waals surface area contributed by atoms with Crippen molar-refractivity contribution in [3.8, 4) is 11.5 Å². The van der Waals surface area contributed by atoms with E-state index in [9.17, 15) is 9.18 Å². The Balaban J connectivity index is 1.28. The van der Waals surface area contributed by atoms with Crippen LogP contribution in [0.25, 0.3) is 10.9 Å². The van der Waals surface area contributed by atoms with Gasteiger partial charge < -0.3 is 25.0 Å². The lowest BCUT2D eigenvalue weighted by Crippen LogP contribution is -2.57. The first kappa shape index (κ1) is 29.4. The summed E-state index contributed by atoms with van der Waals surface area (Å²) in [5.74, 6) is 3.15. The van der Waals surface area contributed by atoms with Gasteiger partial charge >= 0.3 is 0 Å². The van der Waals surface area contributed by atoms with Crippen molar-refractivity contribution in [3.05, 3.63) is 58.4 Å². The number of hydrogen-bond acceptors (Lipinski definition) is 6. The number of methoxy groups -OCH3 is 1. The second-order valence-corrected chi connectivity index (χ2v) is 13.1. The molecule has 3 saturated carbocycles. The summed E-state index contributed by atoms with van der Waals surface area (Å²) in [6, 6.07) is 10.6. The largest absolute Gasteiger partial charge is 0.497 e. The van der Waals surface area contributed by atoms with Gasteiger partial charge in [0.2, 0.25) is 0 Å². The Morgan fingerprint density at radius 2 is 2.02 bits per heavy atom. The van der Waals surface area contributed by atoms with Crippen LogP contribution in [0, 0.1) is 29.0 Å². The molecule has 2 N–H and O–H groups in total. The SMILES string of the molecule is COc1ccc(OCc2nc3cc(N/C(=N/C4C[C@H]5C[C@@H]([C@@H]4C)C5(C)C)N4CCN[C@@H](C)C4)ccc3c(=O)n2C)c(F)c1. The molecule has 2 aromatic carbocycles. The summed E-state index contributed by atoms with van der Waals surface area (Å²) in [6.07, 6.45) is 2.43. The van der Waals surface area contributed by atoms with Gasteiger partial charge in [-0.3, -0.25) is 9.36 Å². The summed E-state index contributed by atoms with van der Waals surface area (Å²) in [6.45, 7) is 12.0. The second kappa shape index (κ2) is 11.4. The van der Waals surface area contributed by atoms with Gasteiger partial charge in [-0.15, -0.1) is 0 Å². The fraction of sp³-hybridized carbons (Fsp3) is 0.545. The number of ether oxygens (including phenoxy) is 2. The highest BCUT2D eigenvalue weighted by Gasteiger charge is 2.56. The van der Waals surface area contributed by atoms with Crippen molar-refractivity contribution in [1.82, 2.24) is 19.8 Å². The molecule has 10 heteroatoms. The number of benzene rings is 2. The van der Waals surface area contributed by atoms with Crippen LogP contribution in [-0.4, -0.2) is 59.2 Å². The predicted molar refractivity (Wildman–Crippen MR) is 167 cm³/mol. The summed E-state index contributed by atoms with van der Waals surface area (Å²) in [4.78, 5) is 25.7. The van der Waals surface area contributed by atoms with Crippen LogP contribution in [0.1, 0.15) is 46.4 Å². The molecule has 43 heavy (non-hydrogen) atoms. The number of piperazine rings is 1. The molecule has 0 amide bonds. The number of aromatic nitrogens is 2. The van der Waals surface area contributed by atoms with Crippen molar-refractivity contribution < 1.29 is 13.9 Å². The van der Waals surface area contributed by atoms with Crippen molar-refractivity contribution >= 4 is 22.5 Å². The molecule has 5 atom stereocenters. The van der Waals surface area contributed by atoms with Gasteiger partial charge in [0.15, 0.2) is 17.5 Å². The number of nitrogens with one attached hydrogen (secondary N) is 2. The minimum Gasteiger partial charge on any atom is -0.497 e. The molecule has 3 aliphatic carbocycles. The van der Waals surface area contributed by atoms with Gasteiger partial charge in [-0.1, -0.05) is 20.8 Å². The monoisotopic (exact) mass is 590 g/mol. The topological polar surface area (TPSA) is 93.0 Å². The van der Waals surface area contributed by atoms with Crippen LogP contribution in [0.5, 0.6) is 11.5 Å². The van der Waals surface area contributed by atoms with Gasteiger partial charge in [0.05, 0.1) is 24.1 Å². The van der Waals surface area contributed by atoms with Gasteiger partial charge in [0, 0.05) is 44.5 Å². The minimum absolute atomic E-state index is 0.0633. The van der Waals surface area contributed by atoms with E-state index in [1.165, 1.54) is 30.2 Å². The molecule has 2 heterocycles. The van der Waals surface area contributed by atoms with Crippen LogP contribution < -0.4 is 25.7 Å². The second-order valence-electron chi connectivity index (χ2n) is 13.1. The van der Waals surface area contributed by atoms with E-state index in [2.05, 4.69) is 43.2 Å². The van der Waals surface area contributed by atoms with Gasteiger partial charge in [-0.25, -0.2) is 14.4 Å². The average molecular weight is 591 g/mol. The lowest BCUT2D eigenvalue weighted by atomic mass is 9.45. The average Bonchev–Trinajstić information content (AvgIpc) is 2.98. The Morgan fingerprint density at radius 3 is 2.72 bits per heavy atom. The maximum absolute atomic E-state index is 14.5. The van der Waals surface area contributed by atoms with Gasteiger partial charge in [-0.2, -0.15) is 0 Å². The smallest absolute Gasteiger partial charge is 0.261 e. The molecule has 0 radical (unpaired) electrons. The lowest BCUT2D eigenvalue weighted by Gasteiger charge is -2.61. The third-order valence-electron chi connectivity index (χ3n) is 10.2. The molecule has 1 saturated heterocycles. The van der Waals surface area contributed by atoms with Crippen LogP contribution in [0.2, 0.25) is 0 Å². The molecule has 9 nitrogen and oxygen atoms in total. The summed E-state index contributed by atoms with van der Waals surface area (Å²) in [5.41, 5.74) is 1.58. The fourth-order valence-electron chi connectivity index (χ4n) is 7.29. The molecule has 1 aromatic heterocycles. The molecule has 2 bridgehead atoms. The number of aliphatic imine (C=N–C) groups is 1. The van der Waals surface area contributed by atoms with Gasteiger partial charge in [-0.05, 0) is 73.3 Å². The van der Waals surface area contributed by atoms with E-state index >= 15 is 0 Å². The van der Waals surface area contributed by atoms with E-state index in [0.717, 1.165) is 43.6 Å². The first-order chi connectivity index (χ1) is 20.5. The molecular formula is C33H43FN6O3. The maximum atomic E-state index is 14.5. The van der Waals surface area contributed by atoms with Crippen LogP contribution in [0.4, 0.5) is 10.1 Å². The summed E-state index contributed by atoms with van der Waals surface area (Å²) in [7, 11) is 3.13. The highest BCUT2D eigenvalue weighted by Crippen LogP contribution is 2.61. The van der Waals surface area contributed by atoms with E-state index < -0.39 is 5.82 Å². The highest BCUT2D eigenvalue weighted by atomic mass is 19.1. The van der Waals surface area contributed by atoms with Crippen molar-refractivity contribution in [2.24, 2.45) is 35.2 Å². The van der Waals surface area contributed by atoms with E-state index in [-0.39, 0.29) is 24.0 Å². The number of rotatable bonds is 6. The number of nitrogens with zero attached hydrogens (tertiary/aromatic N) is 4. The third kappa shape index (κ3) is 5.57. The molecule has 3 aromatic rings. The van der Waals surface area contributed by atoms with Crippen molar-refractivity contribution in [2.75, 3.05) is 32.1 Å². The van der Waals surface area contributed by atoms with Crippen LogP contribution in [0.15, 0.2) is 46.2 Å². The molecule has 1 unspecified atom stereocenters. The third-order valence-corrected chi connectivity index (χ3v) is 10.2. The number of fused-ring (bicyclic) bond motifs is 3. The van der Waals surface area contributed by atoms with Gasteiger partial charge in [0.25, 0.3) is 5.56 Å². The zero-order chi connectivity index (χ0) is 30.5. The zero-order valence-electron chi connectivity index (χ0n) is 26.0. The molecule has 230 valence electrons. The van der Waals surface area contributed by atoms with Crippen molar-refractivity contribution in [3.63, 3.8) is 0 Å². The minimum atomic E-state index is -0.543. The van der Waals surface area contributed by atoms with E-state index in [0.29, 0.717) is 45.8 Å². The first-order valence-electron chi connectivity index (χ1n) is 15.3. The Kier molecular flexibility index (Phi) is 7.83. The quantitative estimate of drug-likeness (QED) is 0.315. The zero-order valence-corrected chi connectivity index (χ0v) is 26.0. The summed E-state index contributed by atoms with van der Waals surface area (Å²) in [5, 5.41) is 7.65. The molecule has 7 rings (SSSR count). The fourth-order valence-corrected chi connectivity index (χ4v) is 7.29. The standard InChI is InChI=1S/C33H43FN6O3/c1-19-17-40(12-11-35-19)32(38-27-14-21-13-25(20(27)2)33(21,3)4)36-22-7-9-24-28(15-22)37-30(39(5)31(24)41)18-43-29-10-8-23(42-6)16-26(29)34/h7-10,15-16,19-21,25,27,35H,11-14,17-18H2,1-6H3,(H,36,38)/t19-,20-,21+,25-,27?/m0/s1. The normalized spacial score (nSPS) is 26.6.